The van der Waals surface area contributed by atoms with Crippen LogP contribution in [0, 0.1) is 5.92 Å². The van der Waals surface area contributed by atoms with E-state index >= 15 is 0 Å². The number of carbonyl (C=O) groups is 3. The molecule has 5 rings (SSSR count). The van der Waals surface area contributed by atoms with Crippen molar-refractivity contribution in [1.29, 1.82) is 0 Å². The van der Waals surface area contributed by atoms with Gasteiger partial charge >= 0.3 is 12.1 Å². The predicted octanol–water partition coefficient (Wildman–Crippen LogP) is 4.96. The van der Waals surface area contributed by atoms with Crippen molar-refractivity contribution in [2.24, 2.45) is 5.92 Å². The fourth-order valence-electron chi connectivity index (χ4n) is 6.43. The molecule has 1 aliphatic carbocycles. The van der Waals surface area contributed by atoms with E-state index in [-0.39, 0.29) is 18.0 Å². The van der Waals surface area contributed by atoms with Crippen LogP contribution in [0.25, 0.3) is 10.8 Å². The molecule has 3 aliphatic rings. The number of ether oxygens (including phenoxy) is 2. The zero-order valence-electron chi connectivity index (χ0n) is 25.2. The molecule has 42 heavy (non-hydrogen) atoms. The Labute approximate surface area is 248 Å². The summed E-state index contributed by atoms with van der Waals surface area (Å²) in [5.74, 6) is 0.999. The molecule has 0 spiro atoms. The lowest BCUT2D eigenvalue weighted by Crippen LogP contribution is -2.49. The van der Waals surface area contributed by atoms with E-state index in [1.165, 1.54) is 18.4 Å². The number of piperidine rings is 1. The molecule has 2 saturated heterocycles. The number of nitrogens with zero attached hydrogens (tertiary/aromatic N) is 3. The van der Waals surface area contributed by atoms with Crippen LogP contribution < -0.4 is 15.5 Å². The van der Waals surface area contributed by atoms with Crippen LogP contribution in [0.3, 0.4) is 0 Å². The largest absolute Gasteiger partial charge is 0.444 e. The summed E-state index contributed by atoms with van der Waals surface area (Å²) in [6, 6.07) is 6.14. The number of hydrogen-bond donors (Lipinski definition) is 2. The molecule has 4 amide bonds. The molecule has 1 saturated carbocycles. The van der Waals surface area contributed by atoms with Crippen LogP contribution in [0.4, 0.5) is 15.3 Å². The highest BCUT2D eigenvalue weighted by molar-refractivity contribution is 6.09. The monoisotopic (exact) mass is 579 g/mol. The summed E-state index contributed by atoms with van der Waals surface area (Å²) in [7, 11) is 0. The van der Waals surface area contributed by atoms with Crippen molar-refractivity contribution in [3.05, 3.63) is 36.2 Å². The molecular weight excluding hydrogens is 534 g/mol. The summed E-state index contributed by atoms with van der Waals surface area (Å²) in [6.07, 6.45) is 10.6. The van der Waals surface area contributed by atoms with Crippen molar-refractivity contribution in [2.45, 2.75) is 83.3 Å². The van der Waals surface area contributed by atoms with Gasteiger partial charge in [0.05, 0.1) is 24.6 Å². The number of hydrogen-bond acceptors (Lipinski definition) is 7. The summed E-state index contributed by atoms with van der Waals surface area (Å²) in [6.45, 7) is 10.3. The summed E-state index contributed by atoms with van der Waals surface area (Å²) < 4.78 is 11.3. The van der Waals surface area contributed by atoms with E-state index in [4.69, 9.17) is 9.47 Å². The molecule has 3 fully saturated rings. The van der Waals surface area contributed by atoms with Gasteiger partial charge in [0.15, 0.2) is 0 Å². The Morgan fingerprint density at radius 2 is 1.81 bits per heavy atom. The van der Waals surface area contributed by atoms with Gasteiger partial charge < -0.3 is 19.7 Å². The van der Waals surface area contributed by atoms with Crippen molar-refractivity contribution in [3.63, 3.8) is 0 Å². The first kappa shape index (κ1) is 30.2. The van der Waals surface area contributed by atoms with Crippen LogP contribution in [0.15, 0.2) is 30.6 Å². The number of likely N-dealkylation sites (tertiary alicyclic amines) is 1. The van der Waals surface area contributed by atoms with Gasteiger partial charge in [0, 0.05) is 43.0 Å². The normalized spacial score (nSPS) is 22.7. The Bertz CT molecular complexity index is 1260. The second-order valence-corrected chi connectivity index (χ2v) is 12.9. The quantitative estimate of drug-likeness (QED) is 0.425. The molecule has 228 valence electrons. The second kappa shape index (κ2) is 13.4. The number of aromatic nitrogens is 1. The van der Waals surface area contributed by atoms with E-state index in [1.807, 2.05) is 27.0 Å². The lowest BCUT2D eigenvalue weighted by atomic mass is 9.85. The average molecular weight is 580 g/mol. The number of fused-ring (bicyclic) bond motifs is 1. The molecule has 0 unspecified atom stereocenters. The number of alkyl carbamates (subject to hydrolysis) is 1. The van der Waals surface area contributed by atoms with Crippen LogP contribution in [0.5, 0.6) is 0 Å². The third-order valence-corrected chi connectivity index (χ3v) is 8.60. The number of pyridine rings is 1. The van der Waals surface area contributed by atoms with Crippen LogP contribution in [-0.4, -0.2) is 79.0 Å². The van der Waals surface area contributed by atoms with Gasteiger partial charge in [0.25, 0.3) is 0 Å². The Balaban J connectivity index is 1.04. The smallest absolute Gasteiger partial charge is 0.407 e. The van der Waals surface area contributed by atoms with E-state index in [9.17, 15) is 14.4 Å². The van der Waals surface area contributed by atoms with E-state index in [2.05, 4.69) is 38.7 Å². The fourth-order valence-corrected chi connectivity index (χ4v) is 6.43. The van der Waals surface area contributed by atoms with Crippen molar-refractivity contribution in [1.82, 2.24) is 20.5 Å². The predicted molar refractivity (Wildman–Crippen MR) is 162 cm³/mol. The molecule has 10 nitrogen and oxygen atoms in total. The molecular formula is C32H45N5O5. The van der Waals surface area contributed by atoms with Crippen molar-refractivity contribution < 1.29 is 23.9 Å². The minimum absolute atomic E-state index is 0.235. The van der Waals surface area contributed by atoms with E-state index in [0.717, 1.165) is 61.8 Å². The molecule has 1 aromatic carbocycles. The molecule has 3 heterocycles. The third-order valence-electron chi connectivity index (χ3n) is 8.60. The molecule has 2 N–H and O–H groups in total. The third kappa shape index (κ3) is 7.98. The van der Waals surface area contributed by atoms with Gasteiger partial charge in [-0.2, -0.15) is 0 Å². The maximum Gasteiger partial charge on any atom is 0.407 e. The van der Waals surface area contributed by atoms with Gasteiger partial charge in [0.2, 0.25) is 5.91 Å². The number of urea groups is 1. The standard InChI is InChI=1S/C32H45N5O5/c1-32(2,3)42-31(40)34-13-17-41-26-7-4-22(5-8-26)21-36-14-10-23(11-15-36)24-6-9-27-25(18-24)19-33-20-28(27)37-16-12-29(38)35-30(37)39/h6,9,18-20,22-23,26H,4-5,7-8,10-17,21H2,1-3H3,(H,34,40)(H,35,38,39). The zero-order valence-corrected chi connectivity index (χ0v) is 25.2. The van der Waals surface area contributed by atoms with Gasteiger partial charge in [-0.3, -0.25) is 20.0 Å². The first-order valence-corrected chi connectivity index (χ1v) is 15.4. The Hall–Kier alpha value is -3.24. The highest BCUT2D eigenvalue weighted by atomic mass is 16.6. The Morgan fingerprint density at radius 1 is 1.05 bits per heavy atom. The summed E-state index contributed by atoms with van der Waals surface area (Å²) >= 11 is 0. The van der Waals surface area contributed by atoms with Crippen molar-refractivity contribution in [3.8, 4) is 0 Å². The fraction of sp³-hybridized carbons (Fsp3) is 0.625. The van der Waals surface area contributed by atoms with Crippen LogP contribution in [0.1, 0.15) is 77.2 Å². The Kier molecular flexibility index (Phi) is 9.63. The van der Waals surface area contributed by atoms with Gasteiger partial charge in [-0.1, -0.05) is 12.1 Å². The number of rotatable bonds is 8. The SMILES string of the molecule is CC(C)(C)OC(=O)NCCOC1CCC(CN2CCC(c3ccc4c(N5CCC(=O)NC5=O)cncc4c3)CC2)CC1. The van der Waals surface area contributed by atoms with Crippen LogP contribution in [-0.2, 0) is 14.3 Å². The number of nitrogens with one attached hydrogen (secondary N) is 2. The van der Waals surface area contributed by atoms with Crippen molar-refractivity contribution in [2.75, 3.05) is 44.2 Å². The molecule has 0 atom stereocenters. The maximum absolute atomic E-state index is 12.4. The van der Waals surface area contributed by atoms with Gasteiger partial charge in [-0.15, -0.1) is 0 Å². The Morgan fingerprint density at radius 3 is 2.52 bits per heavy atom. The lowest BCUT2D eigenvalue weighted by molar-refractivity contribution is -0.120. The van der Waals surface area contributed by atoms with Crippen LogP contribution >= 0.6 is 0 Å². The zero-order chi connectivity index (χ0) is 29.7. The van der Waals surface area contributed by atoms with Crippen molar-refractivity contribution >= 4 is 34.5 Å². The molecule has 10 heteroatoms. The summed E-state index contributed by atoms with van der Waals surface area (Å²) in [4.78, 5) is 44.4. The number of benzene rings is 1. The number of anilines is 1. The van der Waals surface area contributed by atoms with E-state index in [1.54, 1.807) is 11.1 Å². The van der Waals surface area contributed by atoms with Gasteiger partial charge in [-0.05, 0) is 95.9 Å². The summed E-state index contributed by atoms with van der Waals surface area (Å²) in [5, 5.41) is 7.17. The van der Waals surface area contributed by atoms with Crippen LogP contribution in [0.2, 0.25) is 0 Å². The second-order valence-electron chi connectivity index (χ2n) is 12.9. The highest BCUT2D eigenvalue weighted by Gasteiger charge is 2.28. The lowest BCUT2D eigenvalue weighted by Gasteiger charge is -2.37. The molecule has 0 bridgehead atoms. The average Bonchev–Trinajstić information content (AvgIpc) is 2.95. The van der Waals surface area contributed by atoms with Gasteiger partial charge in [0.1, 0.15) is 5.60 Å². The molecule has 2 aromatic rings. The minimum Gasteiger partial charge on any atom is -0.444 e. The number of amides is 4. The highest BCUT2D eigenvalue weighted by Crippen LogP contribution is 2.34. The number of imide groups is 1. The number of carbonyl (C=O) groups excluding carboxylic acids is 3. The molecule has 2 aliphatic heterocycles. The van der Waals surface area contributed by atoms with E-state index < -0.39 is 11.7 Å². The molecule has 0 radical (unpaired) electrons. The maximum atomic E-state index is 12.4. The van der Waals surface area contributed by atoms with Gasteiger partial charge in [-0.25, -0.2) is 9.59 Å². The minimum atomic E-state index is -0.489. The first-order valence-electron chi connectivity index (χ1n) is 15.4. The molecule has 1 aromatic heterocycles. The topological polar surface area (TPSA) is 113 Å². The van der Waals surface area contributed by atoms with E-state index in [0.29, 0.717) is 38.0 Å². The first-order chi connectivity index (χ1) is 20.1. The summed E-state index contributed by atoms with van der Waals surface area (Å²) in [5.41, 5.74) is 1.59.